The molecule has 2 N–H and O–H groups in total. The number of aromatic nitrogens is 5. The summed E-state index contributed by atoms with van der Waals surface area (Å²) in [6.45, 7) is -0.115. The number of benzene rings is 1. The predicted octanol–water partition coefficient (Wildman–Crippen LogP) is 2.67. The van der Waals surface area contributed by atoms with E-state index in [0.29, 0.717) is 22.6 Å². The van der Waals surface area contributed by atoms with E-state index in [0.717, 1.165) is 0 Å². The molecular weight excluding hydrogens is 352 g/mol. The van der Waals surface area contributed by atoms with Crippen molar-refractivity contribution in [3.05, 3.63) is 65.6 Å². The van der Waals surface area contributed by atoms with Crippen molar-refractivity contribution < 1.29 is 8.78 Å². The van der Waals surface area contributed by atoms with Crippen molar-refractivity contribution in [3.63, 3.8) is 0 Å². The lowest BCUT2D eigenvalue weighted by atomic mass is 10.2. The molecular formula is C18H11F2N7. The van der Waals surface area contributed by atoms with Gasteiger partial charge in [0.25, 0.3) is 0 Å². The number of halogens is 2. The van der Waals surface area contributed by atoms with Gasteiger partial charge in [0.05, 0.1) is 18.6 Å². The van der Waals surface area contributed by atoms with Crippen molar-refractivity contribution in [1.29, 1.82) is 5.26 Å². The molecule has 27 heavy (non-hydrogen) atoms. The first-order valence-electron chi connectivity index (χ1n) is 7.85. The van der Waals surface area contributed by atoms with Gasteiger partial charge in [0.15, 0.2) is 5.65 Å². The van der Waals surface area contributed by atoms with Crippen LogP contribution < -0.4 is 5.73 Å². The molecule has 0 bridgehead atoms. The van der Waals surface area contributed by atoms with Gasteiger partial charge in [-0.2, -0.15) is 10.2 Å². The maximum atomic E-state index is 14.0. The first-order valence-corrected chi connectivity index (χ1v) is 7.85. The zero-order valence-electron chi connectivity index (χ0n) is 13.8. The summed E-state index contributed by atoms with van der Waals surface area (Å²) in [6.07, 6.45) is 1.41. The van der Waals surface area contributed by atoms with Crippen LogP contribution in [0.5, 0.6) is 0 Å². The summed E-state index contributed by atoms with van der Waals surface area (Å²) in [5.74, 6) is -1.37. The van der Waals surface area contributed by atoms with E-state index in [1.54, 1.807) is 18.2 Å². The van der Waals surface area contributed by atoms with Crippen molar-refractivity contribution >= 4 is 17.1 Å². The van der Waals surface area contributed by atoms with Gasteiger partial charge in [-0.15, -0.1) is 0 Å². The highest BCUT2D eigenvalue weighted by Gasteiger charge is 2.17. The van der Waals surface area contributed by atoms with Gasteiger partial charge in [-0.1, -0.05) is 12.1 Å². The molecule has 0 atom stereocenters. The second kappa shape index (κ2) is 6.42. The fraction of sp³-hybridized carbons (Fsp3) is 0.0556. The average Bonchev–Trinajstić information content (AvgIpc) is 3.07. The van der Waals surface area contributed by atoms with E-state index < -0.39 is 11.6 Å². The Hall–Kier alpha value is -3.93. The number of imidazole rings is 1. The number of nitrogens with zero attached hydrogens (tertiary/aromatic N) is 6. The molecule has 0 saturated heterocycles. The minimum absolute atomic E-state index is 0.0441. The Morgan fingerprint density at radius 2 is 1.78 bits per heavy atom. The Kier molecular flexibility index (Phi) is 3.93. The monoisotopic (exact) mass is 363 g/mol. The quantitative estimate of drug-likeness (QED) is 0.600. The smallest absolute Gasteiger partial charge is 0.222 e. The molecule has 0 fully saturated rings. The van der Waals surface area contributed by atoms with Crippen LogP contribution in [0.3, 0.4) is 0 Å². The van der Waals surface area contributed by atoms with Crippen molar-refractivity contribution in [2.75, 3.05) is 5.73 Å². The maximum absolute atomic E-state index is 14.0. The van der Waals surface area contributed by atoms with Crippen molar-refractivity contribution in [3.8, 4) is 17.5 Å². The number of nitrogen functional groups attached to an aromatic ring is 1. The Morgan fingerprint density at radius 1 is 1.04 bits per heavy atom. The molecule has 4 aromatic rings. The number of pyridine rings is 1. The molecule has 1 aromatic carbocycles. The van der Waals surface area contributed by atoms with Crippen molar-refractivity contribution in [1.82, 2.24) is 24.5 Å². The average molecular weight is 363 g/mol. The highest BCUT2D eigenvalue weighted by Crippen LogP contribution is 2.25. The first-order chi connectivity index (χ1) is 13.1. The fourth-order valence-corrected chi connectivity index (χ4v) is 2.74. The van der Waals surface area contributed by atoms with E-state index in [9.17, 15) is 8.78 Å². The summed E-state index contributed by atoms with van der Waals surface area (Å²) in [7, 11) is 0. The van der Waals surface area contributed by atoms with Crippen LogP contribution in [0, 0.1) is 23.0 Å². The van der Waals surface area contributed by atoms with E-state index in [1.165, 1.54) is 29.1 Å². The van der Waals surface area contributed by atoms with E-state index >= 15 is 0 Å². The third-order valence-electron chi connectivity index (χ3n) is 3.98. The van der Waals surface area contributed by atoms with E-state index in [4.69, 9.17) is 11.0 Å². The molecule has 4 rings (SSSR count). The lowest BCUT2D eigenvalue weighted by Gasteiger charge is -2.08. The Morgan fingerprint density at radius 3 is 2.52 bits per heavy atom. The molecule has 7 nitrogen and oxygen atoms in total. The van der Waals surface area contributed by atoms with Gasteiger partial charge in [0, 0.05) is 5.56 Å². The molecule has 0 saturated carbocycles. The normalized spacial score (nSPS) is 10.9. The van der Waals surface area contributed by atoms with Crippen molar-refractivity contribution in [2.45, 2.75) is 6.54 Å². The Labute approximate surface area is 151 Å². The van der Waals surface area contributed by atoms with Gasteiger partial charge in [0.2, 0.25) is 5.95 Å². The van der Waals surface area contributed by atoms with Gasteiger partial charge in [-0.05, 0) is 24.3 Å². The highest BCUT2D eigenvalue weighted by molar-refractivity contribution is 5.87. The van der Waals surface area contributed by atoms with Gasteiger partial charge in [-0.25, -0.2) is 23.7 Å². The number of hydrogen-bond donors (Lipinski definition) is 1. The lowest BCUT2D eigenvalue weighted by molar-refractivity contribution is 0.546. The second-order valence-corrected chi connectivity index (χ2v) is 5.70. The van der Waals surface area contributed by atoms with Crippen LogP contribution in [0.15, 0.2) is 42.7 Å². The van der Waals surface area contributed by atoms with Gasteiger partial charge in [0.1, 0.15) is 34.6 Å². The Bertz CT molecular complexity index is 1190. The fourth-order valence-electron chi connectivity index (χ4n) is 2.74. The van der Waals surface area contributed by atoms with E-state index in [1.807, 2.05) is 6.07 Å². The maximum Gasteiger partial charge on any atom is 0.222 e. The van der Waals surface area contributed by atoms with Crippen LogP contribution >= 0.6 is 0 Å². The number of nitriles is 1. The van der Waals surface area contributed by atoms with Crippen LogP contribution in [0.1, 0.15) is 11.3 Å². The van der Waals surface area contributed by atoms with Crippen LogP contribution in [0.25, 0.3) is 22.6 Å². The van der Waals surface area contributed by atoms with Gasteiger partial charge in [-0.3, -0.25) is 0 Å². The number of rotatable bonds is 3. The Balaban J connectivity index is 1.87. The predicted molar refractivity (Wildman–Crippen MR) is 93.1 cm³/mol. The molecule has 0 aliphatic carbocycles. The summed E-state index contributed by atoms with van der Waals surface area (Å²) in [4.78, 5) is 16.8. The molecule has 0 spiro atoms. The third-order valence-corrected chi connectivity index (χ3v) is 3.98. The zero-order chi connectivity index (χ0) is 19.0. The number of hydrogen-bond acceptors (Lipinski definition) is 6. The minimum Gasteiger partial charge on any atom is -0.368 e. The van der Waals surface area contributed by atoms with Crippen LogP contribution in [0.4, 0.5) is 14.7 Å². The summed E-state index contributed by atoms with van der Waals surface area (Å²) < 4.78 is 29.4. The van der Waals surface area contributed by atoms with E-state index in [2.05, 4.69) is 19.9 Å². The lowest BCUT2D eigenvalue weighted by Crippen LogP contribution is -2.06. The first kappa shape index (κ1) is 16.5. The molecule has 3 aromatic heterocycles. The van der Waals surface area contributed by atoms with Crippen LogP contribution in [-0.4, -0.2) is 24.5 Å². The molecule has 0 amide bonds. The molecule has 0 unspecified atom stereocenters. The number of nitrogens with two attached hydrogens (primary N) is 1. The molecule has 132 valence electrons. The second-order valence-electron chi connectivity index (χ2n) is 5.70. The van der Waals surface area contributed by atoms with Gasteiger partial charge >= 0.3 is 0 Å². The summed E-state index contributed by atoms with van der Waals surface area (Å²) in [6, 6.07) is 10.5. The topological polar surface area (TPSA) is 106 Å². The van der Waals surface area contributed by atoms with Crippen LogP contribution in [0.2, 0.25) is 0 Å². The molecule has 0 aliphatic rings. The highest BCUT2D eigenvalue weighted by atomic mass is 19.1. The number of anilines is 1. The van der Waals surface area contributed by atoms with E-state index in [-0.39, 0.29) is 23.8 Å². The van der Waals surface area contributed by atoms with Crippen LogP contribution in [-0.2, 0) is 6.54 Å². The standard InChI is InChI=1S/C18H11F2N7/c19-12-4-2-5-13(20)11(12)8-27-9-23-16-15(25-18(22)26-17(16)27)14-6-1-3-10(7-21)24-14/h1-6,9H,8H2,(H2,22,25,26). The largest absolute Gasteiger partial charge is 0.368 e. The minimum atomic E-state index is -0.664. The summed E-state index contributed by atoms with van der Waals surface area (Å²) in [5.41, 5.74) is 7.32. The SMILES string of the molecule is N#Cc1cccc(-c2nc(N)nc3c2ncn3Cc2c(F)cccc2F)n1. The zero-order valence-corrected chi connectivity index (χ0v) is 13.8. The molecule has 0 radical (unpaired) electrons. The van der Waals surface area contributed by atoms with Gasteiger partial charge < -0.3 is 10.3 Å². The molecule has 3 heterocycles. The summed E-state index contributed by atoms with van der Waals surface area (Å²) in [5, 5.41) is 9.04. The number of fused-ring (bicyclic) bond motifs is 1. The molecule has 9 heteroatoms. The summed E-state index contributed by atoms with van der Waals surface area (Å²) >= 11 is 0. The van der Waals surface area contributed by atoms with Crippen molar-refractivity contribution in [2.24, 2.45) is 0 Å². The third kappa shape index (κ3) is 2.93. The molecule has 0 aliphatic heterocycles.